The van der Waals surface area contributed by atoms with Crippen molar-refractivity contribution in [1.29, 1.82) is 0 Å². The predicted octanol–water partition coefficient (Wildman–Crippen LogP) is 2.24. The van der Waals surface area contributed by atoms with Crippen molar-refractivity contribution in [3.8, 4) is 0 Å². The number of halogens is 1. The smallest absolute Gasteiger partial charge is 0.292 e. The molecule has 3 aromatic rings. The number of hydrogen-bond donors (Lipinski definition) is 3. The molecule has 0 radical (unpaired) electrons. The highest BCUT2D eigenvalue weighted by Crippen LogP contribution is 2.28. The molecule has 8 nitrogen and oxygen atoms in total. The molecule has 0 saturated carbocycles. The number of nitrogens with one attached hydrogen (secondary N) is 3. The highest BCUT2D eigenvalue weighted by Gasteiger charge is 2.41. The maximum absolute atomic E-state index is 13.1. The second-order valence-electron chi connectivity index (χ2n) is 7.07. The molecule has 9 heteroatoms. The summed E-state index contributed by atoms with van der Waals surface area (Å²) in [6.45, 7) is 3.45. The Kier molecular flexibility index (Phi) is 3.76. The second kappa shape index (κ2) is 6.17. The van der Waals surface area contributed by atoms with E-state index in [9.17, 15) is 4.79 Å². The minimum absolute atomic E-state index is 0.137. The van der Waals surface area contributed by atoms with E-state index in [0.29, 0.717) is 34.8 Å². The number of H-pyrrole nitrogens is 1. The van der Waals surface area contributed by atoms with Crippen LogP contribution in [0.25, 0.3) is 10.9 Å². The fourth-order valence-electron chi connectivity index (χ4n) is 3.83. The molecule has 1 aromatic carbocycles. The lowest BCUT2D eigenvalue weighted by atomic mass is 10.2. The van der Waals surface area contributed by atoms with Crippen molar-refractivity contribution in [3.05, 3.63) is 40.8 Å². The van der Waals surface area contributed by atoms with E-state index in [2.05, 4.69) is 30.8 Å². The number of hydrogen-bond acceptors (Lipinski definition) is 6. The van der Waals surface area contributed by atoms with Crippen molar-refractivity contribution in [2.75, 3.05) is 18.4 Å². The van der Waals surface area contributed by atoms with Gasteiger partial charge in [-0.1, -0.05) is 11.6 Å². The van der Waals surface area contributed by atoms with Gasteiger partial charge in [0.25, 0.3) is 5.91 Å². The molecule has 5 rings (SSSR count). The summed E-state index contributed by atoms with van der Waals surface area (Å²) in [7, 11) is 0. The average Bonchev–Trinajstić information content (AvgIpc) is 3.38. The first-order chi connectivity index (χ1) is 13.1. The summed E-state index contributed by atoms with van der Waals surface area (Å²) in [5.74, 6) is 1.18. The predicted molar refractivity (Wildman–Crippen MR) is 102 cm³/mol. The SMILES string of the molecule is Cc1cc(Nc2nc(C(=O)N3C[C@H]4C[C@@H]3CN4)nc3ccc(Cl)cc23)n[nH]1. The standard InChI is InChI=1S/C18H18ClN7O/c1-9-4-15(25-24-9)22-16-13-5-10(19)2-3-14(13)21-17(23-16)18(27)26-8-11-6-12(26)7-20-11/h2-5,11-12,20H,6-8H2,1H3,(H2,21,22,23,24,25)/t11-,12-/m1/s1. The van der Waals surface area contributed by atoms with Crippen molar-refractivity contribution in [2.45, 2.75) is 25.4 Å². The molecule has 4 heterocycles. The maximum atomic E-state index is 13.1. The lowest BCUT2D eigenvalue weighted by Gasteiger charge is -2.26. The zero-order valence-corrected chi connectivity index (χ0v) is 15.4. The molecular formula is C18H18ClN7O. The van der Waals surface area contributed by atoms with E-state index in [-0.39, 0.29) is 17.8 Å². The number of benzene rings is 1. The molecule has 1 amide bonds. The summed E-state index contributed by atoms with van der Waals surface area (Å²) in [4.78, 5) is 24.0. The van der Waals surface area contributed by atoms with Crippen LogP contribution >= 0.6 is 11.6 Å². The van der Waals surface area contributed by atoms with Crippen LogP contribution in [-0.2, 0) is 0 Å². The van der Waals surface area contributed by atoms with E-state index in [4.69, 9.17) is 11.6 Å². The van der Waals surface area contributed by atoms with Gasteiger partial charge in [0, 0.05) is 47.3 Å². The third-order valence-corrected chi connectivity index (χ3v) is 5.35. The number of likely N-dealkylation sites (tertiary alicyclic amines) is 1. The molecule has 138 valence electrons. The van der Waals surface area contributed by atoms with Crippen molar-refractivity contribution >= 4 is 40.0 Å². The van der Waals surface area contributed by atoms with Crippen LogP contribution in [0, 0.1) is 6.92 Å². The van der Waals surface area contributed by atoms with E-state index >= 15 is 0 Å². The van der Waals surface area contributed by atoms with Crippen LogP contribution < -0.4 is 10.6 Å². The van der Waals surface area contributed by atoms with Crippen LogP contribution in [0.4, 0.5) is 11.6 Å². The molecule has 3 N–H and O–H groups in total. The van der Waals surface area contributed by atoms with Gasteiger partial charge in [0.05, 0.1) is 5.52 Å². The number of aryl methyl sites for hydroxylation is 1. The number of rotatable bonds is 3. The topological polar surface area (TPSA) is 98.8 Å². The molecule has 2 atom stereocenters. The van der Waals surface area contributed by atoms with Gasteiger partial charge in [-0.25, -0.2) is 9.97 Å². The molecule has 2 fully saturated rings. The lowest BCUT2D eigenvalue weighted by Crippen LogP contribution is -2.47. The van der Waals surface area contributed by atoms with Crippen LogP contribution in [0.1, 0.15) is 22.7 Å². The van der Waals surface area contributed by atoms with Crippen molar-refractivity contribution < 1.29 is 4.79 Å². The fourth-order valence-corrected chi connectivity index (χ4v) is 4.01. The second-order valence-corrected chi connectivity index (χ2v) is 7.51. The first-order valence-corrected chi connectivity index (χ1v) is 9.25. The molecule has 0 unspecified atom stereocenters. The van der Waals surface area contributed by atoms with Gasteiger partial charge in [-0.15, -0.1) is 0 Å². The van der Waals surface area contributed by atoms with Crippen molar-refractivity contribution in [3.63, 3.8) is 0 Å². The summed E-state index contributed by atoms with van der Waals surface area (Å²) >= 11 is 6.16. The number of fused-ring (bicyclic) bond motifs is 3. The third kappa shape index (κ3) is 2.90. The monoisotopic (exact) mass is 383 g/mol. The first-order valence-electron chi connectivity index (χ1n) is 8.87. The number of piperazine rings is 1. The maximum Gasteiger partial charge on any atom is 0.292 e. The van der Waals surface area contributed by atoms with E-state index < -0.39 is 0 Å². The minimum Gasteiger partial charge on any atom is -0.330 e. The Morgan fingerprint density at radius 3 is 2.93 bits per heavy atom. The zero-order valence-electron chi connectivity index (χ0n) is 14.7. The fraction of sp³-hybridized carbons (Fsp3) is 0.333. The van der Waals surface area contributed by atoms with Crippen molar-refractivity contribution in [1.82, 2.24) is 30.4 Å². The Hall–Kier alpha value is -2.71. The van der Waals surface area contributed by atoms with Gasteiger partial charge in [0.15, 0.2) is 5.82 Å². The van der Waals surface area contributed by atoms with Gasteiger partial charge in [0.1, 0.15) is 5.82 Å². The van der Waals surface area contributed by atoms with Gasteiger partial charge >= 0.3 is 0 Å². The third-order valence-electron chi connectivity index (χ3n) is 5.12. The molecule has 2 aliphatic rings. The molecule has 2 saturated heterocycles. The highest BCUT2D eigenvalue weighted by atomic mass is 35.5. The molecule has 2 aromatic heterocycles. The van der Waals surface area contributed by atoms with Gasteiger partial charge in [-0.2, -0.15) is 5.10 Å². The number of nitrogens with zero attached hydrogens (tertiary/aromatic N) is 4. The van der Waals surface area contributed by atoms with Gasteiger partial charge in [0.2, 0.25) is 5.82 Å². The highest BCUT2D eigenvalue weighted by molar-refractivity contribution is 6.31. The quantitative estimate of drug-likeness (QED) is 0.641. The number of amides is 1. The summed E-state index contributed by atoms with van der Waals surface area (Å²) in [6.07, 6.45) is 0.993. The first kappa shape index (κ1) is 16.5. The molecule has 27 heavy (non-hydrogen) atoms. The lowest BCUT2D eigenvalue weighted by molar-refractivity contribution is 0.0704. The molecule has 0 spiro atoms. The van der Waals surface area contributed by atoms with Gasteiger partial charge in [-0.05, 0) is 31.5 Å². The Balaban J connectivity index is 1.56. The van der Waals surface area contributed by atoms with E-state index in [1.165, 1.54) is 0 Å². The molecular weight excluding hydrogens is 366 g/mol. The Labute approximate surface area is 160 Å². The van der Waals surface area contributed by atoms with Crippen LogP contribution in [-0.4, -0.2) is 56.1 Å². The molecule has 2 bridgehead atoms. The number of aromatic amines is 1. The van der Waals surface area contributed by atoms with Crippen LogP contribution in [0.5, 0.6) is 0 Å². The van der Waals surface area contributed by atoms with E-state index in [1.807, 2.05) is 17.9 Å². The number of anilines is 2. The van der Waals surface area contributed by atoms with Crippen LogP contribution in [0.15, 0.2) is 24.3 Å². The summed E-state index contributed by atoms with van der Waals surface area (Å²) in [5, 5.41) is 15.0. The minimum atomic E-state index is -0.137. The van der Waals surface area contributed by atoms with Crippen LogP contribution in [0.2, 0.25) is 5.02 Å². The van der Waals surface area contributed by atoms with E-state index in [0.717, 1.165) is 24.0 Å². The normalized spacial score (nSPS) is 21.2. The molecule has 2 aliphatic heterocycles. The summed E-state index contributed by atoms with van der Waals surface area (Å²) < 4.78 is 0. The summed E-state index contributed by atoms with van der Waals surface area (Å²) in [5.41, 5.74) is 1.58. The summed E-state index contributed by atoms with van der Waals surface area (Å²) in [6, 6.07) is 7.81. The van der Waals surface area contributed by atoms with Crippen molar-refractivity contribution in [2.24, 2.45) is 0 Å². The molecule has 0 aliphatic carbocycles. The zero-order chi connectivity index (χ0) is 18.5. The number of carbonyl (C=O) groups excluding carboxylic acids is 1. The Bertz CT molecular complexity index is 1050. The van der Waals surface area contributed by atoms with Crippen LogP contribution in [0.3, 0.4) is 0 Å². The Morgan fingerprint density at radius 1 is 1.33 bits per heavy atom. The average molecular weight is 384 g/mol. The van der Waals surface area contributed by atoms with E-state index in [1.54, 1.807) is 18.2 Å². The van der Waals surface area contributed by atoms with Gasteiger partial charge < -0.3 is 15.5 Å². The number of aromatic nitrogens is 4. The van der Waals surface area contributed by atoms with Gasteiger partial charge in [-0.3, -0.25) is 9.89 Å². The Morgan fingerprint density at radius 2 is 2.22 bits per heavy atom. The number of carbonyl (C=O) groups is 1. The largest absolute Gasteiger partial charge is 0.330 e.